The Hall–Kier alpha value is -1.53. The number of amides is 2. The summed E-state index contributed by atoms with van der Waals surface area (Å²) in [4.78, 5) is 26.1. The van der Waals surface area contributed by atoms with Gasteiger partial charge in [0, 0.05) is 23.9 Å². The number of thioether (sulfide) groups is 1. The molecule has 5 nitrogen and oxygen atoms in total. The van der Waals surface area contributed by atoms with Crippen molar-refractivity contribution in [3.63, 3.8) is 0 Å². The molecule has 0 bridgehead atoms. The molecule has 2 amide bonds. The lowest BCUT2D eigenvalue weighted by Crippen LogP contribution is -2.49. The molecule has 2 saturated heterocycles. The summed E-state index contributed by atoms with van der Waals surface area (Å²) in [6.07, 6.45) is 0.666. The molecule has 0 saturated carbocycles. The molecule has 2 aliphatic heterocycles. The zero-order valence-corrected chi connectivity index (χ0v) is 11.9. The number of hydrogen-bond acceptors (Lipinski definition) is 4. The molecule has 2 aliphatic rings. The maximum Gasteiger partial charge on any atom is 0.249 e. The minimum absolute atomic E-state index is 0.0183. The van der Waals surface area contributed by atoms with Crippen molar-refractivity contribution in [1.29, 1.82) is 0 Å². The van der Waals surface area contributed by atoms with Gasteiger partial charge in [-0.15, -0.1) is 11.8 Å². The summed E-state index contributed by atoms with van der Waals surface area (Å²) in [6.45, 7) is 0.653. The fourth-order valence-corrected chi connectivity index (χ4v) is 3.46. The van der Waals surface area contributed by atoms with E-state index in [-0.39, 0.29) is 17.9 Å². The predicted molar refractivity (Wildman–Crippen MR) is 79.6 cm³/mol. The van der Waals surface area contributed by atoms with Gasteiger partial charge in [-0.2, -0.15) is 0 Å². The van der Waals surface area contributed by atoms with E-state index in [1.807, 2.05) is 30.3 Å². The topological polar surface area (TPSA) is 61.4 Å². The molecule has 0 aromatic heterocycles. The molecule has 2 fully saturated rings. The van der Waals surface area contributed by atoms with Gasteiger partial charge >= 0.3 is 0 Å². The van der Waals surface area contributed by atoms with Gasteiger partial charge in [0.05, 0.1) is 6.04 Å². The number of benzene rings is 1. The lowest BCUT2D eigenvalue weighted by molar-refractivity contribution is -0.127. The summed E-state index contributed by atoms with van der Waals surface area (Å²) < 4.78 is 0. The van der Waals surface area contributed by atoms with E-state index in [2.05, 4.69) is 10.6 Å². The SMILES string of the molecule is O=C(NC1CCN(c2ccccc2)C1=O)C1CSCN1. The Balaban J connectivity index is 1.62. The molecule has 1 aromatic carbocycles. The highest BCUT2D eigenvalue weighted by molar-refractivity contribution is 7.99. The first kappa shape index (κ1) is 13.5. The highest BCUT2D eigenvalue weighted by Gasteiger charge is 2.35. The molecule has 2 unspecified atom stereocenters. The molecule has 0 aliphatic carbocycles. The van der Waals surface area contributed by atoms with E-state index in [0.29, 0.717) is 13.0 Å². The second kappa shape index (κ2) is 5.85. The number of anilines is 1. The first-order valence-corrected chi connectivity index (χ1v) is 7.89. The number of carbonyl (C=O) groups is 2. The quantitative estimate of drug-likeness (QED) is 0.855. The van der Waals surface area contributed by atoms with Crippen LogP contribution in [0.15, 0.2) is 30.3 Å². The van der Waals surface area contributed by atoms with Crippen molar-refractivity contribution in [2.24, 2.45) is 0 Å². The van der Waals surface area contributed by atoms with E-state index < -0.39 is 6.04 Å². The molecule has 20 heavy (non-hydrogen) atoms. The van der Waals surface area contributed by atoms with E-state index in [0.717, 1.165) is 17.3 Å². The van der Waals surface area contributed by atoms with Gasteiger partial charge in [-0.1, -0.05) is 18.2 Å². The van der Waals surface area contributed by atoms with Crippen molar-refractivity contribution in [3.05, 3.63) is 30.3 Å². The number of nitrogens with zero attached hydrogens (tertiary/aromatic N) is 1. The molecule has 1 aromatic rings. The van der Waals surface area contributed by atoms with Gasteiger partial charge in [0.15, 0.2) is 0 Å². The largest absolute Gasteiger partial charge is 0.343 e. The van der Waals surface area contributed by atoms with Gasteiger partial charge in [-0.3, -0.25) is 14.9 Å². The first-order valence-electron chi connectivity index (χ1n) is 6.73. The molecule has 2 heterocycles. The highest BCUT2D eigenvalue weighted by atomic mass is 32.2. The Labute approximate surface area is 122 Å². The third-order valence-electron chi connectivity index (χ3n) is 3.62. The van der Waals surface area contributed by atoms with Crippen LogP contribution in [-0.4, -0.2) is 42.1 Å². The van der Waals surface area contributed by atoms with E-state index >= 15 is 0 Å². The average Bonchev–Trinajstić information content (AvgIpc) is 3.11. The van der Waals surface area contributed by atoms with Crippen molar-refractivity contribution < 1.29 is 9.59 Å². The molecule has 106 valence electrons. The highest BCUT2D eigenvalue weighted by Crippen LogP contribution is 2.21. The summed E-state index contributed by atoms with van der Waals surface area (Å²) in [6, 6.07) is 9.01. The Kier molecular flexibility index (Phi) is 3.93. The van der Waals surface area contributed by atoms with Crippen molar-refractivity contribution in [2.45, 2.75) is 18.5 Å². The van der Waals surface area contributed by atoms with E-state index in [1.54, 1.807) is 16.7 Å². The van der Waals surface area contributed by atoms with Crippen LogP contribution in [0.4, 0.5) is 5.69 Å². The van der Waals surface area contributed by atoms with Gasteiger partial charge in [0.2, 0.25) is 11.8 Å². The van der Waals surface area contributed by atoms with Crippen molar-refractivity contribution in [3.8, 4) is 0 Å². The summed E-state index contributed by atoms with van der Waals surface area (Å²) in [5.41, 5.74) is 0.892. The summed E-state index contributed by atoms with van der Waals surface area (Å²) in [5.74, 6) is 1.49. The van der Waals surface area contributed by atoms with Crippen molar-refractivity contribution >= 4 is 29.3 Å². The Morgan fingerprint density at radius 3 is 2.85 bits per heavy atom. The summed E-state index contributed by atoms with van der Waals surface area (Å²) >= 11 is 1.70. The third-order valence-corrected chi connectivity index (χ3v) is 4.56. The van der Waals surface area contributed by atoms with Gasteiger partial charge in [0.1, 0.15) is 6.04 Å². The second-order valence-electron chi connectivity index (χ2n) is 4.95. The maximum absolute atomic E-state index is 12.3. The Morgan fingerprint density at radius 1 is 1.35 bits per heavy atom. The van der Waals surface area contributed by atoms with Gasteiger partial charge < -0.3 is 10.2 Å². The van der Waals surface area contributed by atoms with Crippen molar-refractivity contribution in [2.75, 3.05) is 23.1 Å². The summed E-state index contributed by atoms with van der Waals surface area (Å²) in [5, 5.41) is 5.98. The standard InChI is InChI=1S/C14H17N3O2S/c18-13(12-8-20-9-15-12)16-11-6-7-17(14(11)19)10-4-2-1-3-5-10/h1-5,11-12,15H,6-9H2,(H,16,18). The van der Waals surface area contributed by atoms with Crippen LogP contribution in [0.25, 0.3) is 0 Å². The molecular formula is C14H17N3O2S. The fourth-order valence-electron chi connectivity index (χ4n) is 2.51. The number of carbonyl (C=O) groups excluding carboxylic acids is 2. The normalized spacial score (nSPS) is 26.0. The lowest BCUT2D eigenvalue weighted by Gasteiger charge is -2.18. The molecule has 3 rings (SSSR count). The van der Waals surface area contributed by atoms with E-state index in [1.165, 1.54) is 0 Å². The first-order chi connectivity index (χ1) is 9.75. The van der Waals surface area contributed by atoms with Crippen molar-refractivity contribution in [1.82, 2.24) is 10.6 Å². The number of hydrogen-bond donors (Lipinski definition) is 2. The monoisotopic (exact) mass is 291 g/mol. The maximum atomic E-state index is 12.3. The van der Waals surface area contributed by atoms with Crippen LogP contribution in [0.1, 0.15) is 6.42 Å². The van der Waals surface area contributed by atoms with Crippen LogP contribution >= 0.6 is 11.8 Å². The third kappa shape index (κ3) is 2.66. The molecular weight excluding hydrogens is 274 g/mol. The summed E-state index contributed by atoms with van der Waals surface area (Å²) in [7, 11) is 0. The Morgan fingerprint density at radius 2 is 2.15 bits per heavy atom. The van der Waals surface area contributed by atoms with E-state index in [4.69, 9.17) is 0 Å². The zero-order valence-electron chi connectivity index (χ0n) is 11.0. The molecule has 2 N–H and O–H groups in total. The zero-order chi connectivity index (χ0) is 13.9. The molecule has 0 spiro atoms. The number of nitrogens with one attached hydrogen (secondary N) is 2. The molecule has 2 atom stereocenters. The van der Waals surface area contributed by atoms with Crippen LogP contribution in [-0.2, 0) is 9.59 Å². The van der Waals surface area contributed by atoms with Crippen LogP contribution in [0, 0.1) is 0 Å². The van der Waals surface area contributed by atoms with Gasteiger partial charge in [-0.25, -0.2) is 0 Å². The van der Waals surface area contributed by atoms with E-state index in [9.17, 15) is 9.59 Å². The number of para-hydroxylation sites is 1. The van der Waals surface area contributed by atoms with Crippen LogP contribution in [0.5, 0.6) is 0 Å². The Bertz CT molecular complexity index is 502. The molecule has 6 heteroatoms. The smallest absolute Gasteiger partial charge is 0.249 e. The van der Waals surface area contributed by atoms with Crippen LogP contribution in [0.2, 0.25) is 0 Å². The minimum atomic E-state index is -0.393. The second-order valence-corrected chi connectivity index (χ2v) is 5.98. The lowest BCUT2D eigenvalue weighted by atomic mass is 10.2. The van der Waals surface area contributed by atoms with Crippen LogP contribution in [0.3, 0.4) is 0 Å². The van der Waals surface area contributed by atoms with Gasteiger partial charge in [0.25, 0.3) is 0 Å². The minimum Gasteiger partial charge on any atom is -0.343 e. The fraction of sp³-hybridized carbons (Fsp3) is 0.429. The average molecular weight is 291 g/mol. The predicted octanol–water partition coefficient (Wildman–Crippen LogP) is 0.571. The van der Waals surface area contributed by atoms with Gasteiger partial charge in [-0.05, 0) is 18.6 Å². The molecule has 0 radical (unpaired) electrons. The van der Waals surface area contributed by atoms with Crippen LogP contribution < -0.4 is 15.5 Å². The number of rotatable bonds is 3.